The largest absolute Gasteiger partial charge is 0.0836 e. The molecule has 1 heteroatoms. The molecular formula is C19H31Br. The molecule has 114 valence electrons. The Bertz CT molecular complexity index is 424. The predicted octanol–water partition coefficient (Wildman–Crippen LogP) is 6.88. The van der Waals surface area contributed by atoms with E-state index in [1.165, 1.54) is 53.5 Å². The van der Waals surface area contributed by atoms with Crippen molar-refractivity contribution in [3.05, 3.63) is 33.4 Å². The van der Waals surface area contributed by atoms with Crippen LogP contribution in [0.4, 0.5) is 0 Å². The maximum atomic E-state index is 4.05. The fourth-order valence-electron chi connectivity index (χ4n) is 3.36. The van der Waals surface area contributed by atoms with E-state index < -0.39 is 0 Å². The number of hydrogen-bond acceptors (Lipinski definition) is 0. The molecule has 0 aliphatic rings. The molecule has 1 aromatic carbocycles. The minimum absolute atomic E-state index is 0.500. The maximum Gasteiger partial charge on any atom is 0.0428 e. The summed E-state index contributed by atoms with van der Waals surface area (Å²) in [5, 5.41) is 0. The van der Waals surface area contributed by atoms with Gasteiger partial charge >= 0.3 is 0 Å². The lowest BCUT2D eigenvalue weighted by molar-refractivity contribution is 0.433. The van der Waals surface area contributed by atoms with Crippen molar-refractivity contribution in [2.45, 2.75) is 79.0 Å². The van der Waals surface area contributed by atoms with E-state index in [0.29, 0.717) is 4.83 Å². The molecule has 0 spiro atoms. The third kappa shape index (κ3) is 3.47. The van der Waals surface area contributed by atoms with Gasteiger partial charge in [0.2, 0.25) is 0 Å². The summed E-state index contributed by atoms with van der Waals surface area (Å²) in [7, 11) is 0. The van der Waals surface area contributed by atoms with E-state index in [-0.39, 0.29) is 0 Å². The smallest absolute Gasteiger partial charge is 0.0428 e. The molecule has 20 heavy (non-hydrogen) atoms. The van der Waals surface area contributed by atoms with Crippen LogP contribution in [0.5, 0.6) is 0 Å². The van der Waals surface area contributed by atoms with Crippen molar-refractivity contribution in [1.29, 1.82) is 0 Å². The molecule has 0 amide bonds. The molecule has 0 aliphatic heterocycles. The molecule has 1 unspecified atom stereocenters. The highest BCUT2D eigenvalue weighted by Crippen LogP contribution is 2.42. The van der Waals surface area contributed by atoms with E-state index in [4.69, 9.17) is 0 Å². The van der Waals surface area contributed by atoms with Crippen molar-refractivity contribution in [2.24, 2.45) is 5.92 Å². The van der Waals surface area contributed by atoms with E-state index >= 15 is 0 Å². The number of halogens is 1. The molecule has 1 aromatic rings. The molecule has 0 N–H and O–H groups in total. The Morgan fingerprint density at radius 3 is 1.40 bits per heavy atom. The van der Waals surface area contributed by atoms with Crippen LogP contribution in [0.15, 0.2) is 0 Å². The standard InChI is InChI=1S/C19H31Br/c1-8-10-17(11-9-2)19(20)18-15(6)13(4)12(3)14(5)16(18)7/h17,19H,8-11H2,1-7H3. The van der Waals surface area contributed by atoms with E-state index in [1.54, 1.807) is 5.56 Å². The summed E-state index contributed by atoms with van der Waals surface area (Å²) < 4.78 is 0. The molecule has 0 saturated carbocycles. The molecule has 0 nitrogen and oxygen atoms in total. The number of alkyl halides is 1. The molecule has 0 heterocycles. The number of benzene rings is 1. The van der Waals surface area contributed by atoms with Gasteiger partial charge in [-0.25, -0.2) is 0 Å². The van der Waals surface area contributed by atoms with Crippen molar-refractivity contribution < 1.29 is 0 Å². The first-order valence-electron chi connectivity index (χ1n) is 8.07. The van der Waals surface area contributed by atoms with Gasteiger partial charge in [-0.1, -0.05) is 42.6 Å². The zero-order valence-electron chi connectivity index (χ0n) is 14.4. The summed E-state index contributed by atoms with van der Waals surface area (Å²) >= 11 is 4.05. The van der Waals surface area contributed by atoms with Crippen molar-refractivity contribution in [1.82, 2.24) is 0 Å². The van der Waals surface area contributed by atoms with Gasteiger partial charge < -0.3 is 0 Å². The average molecular weight is 339 g/mol. The topological polar surface area (TPSA) is 0 Å². The van der Waals surface area contributed by atoms with E-state index in [2.05, 4.69) is 64.4 Å². The van der Waals surface area contributed by atoms with Crippen molar-refractivity contribution in [3.8, 4) is 0 Å². The van der Waals surface area contributed by atoms with Crippen LogP contribution in [0.2, 0.25) is 0 Å². The first-order valence-corrected chi connectivity index (χ1v) is 8.99. The molecule has 0 aliphatic carbocycles. The summed E-state index contributed by atoms with van der Waals surface area (Å²) in [6.45, 7) is 16.0. The zero-order chi connectivity index (χ0) is 15.4. The van der Waals surface area contributed by atoms with Crippen LogP contribution in [-0.4, -0.2) is 0 Å². The monoisotopic (exact) mass is 338 g/mol. The van der Waals surface area contributed by atoms with Gasteiger partial charge in [0.1, 0.15) is 0 Å². The Labute approximate surface area is 134 Å². The summed E-state index contributed by atoms with van der Waals surface area (Å²) in [6, 6.07) is 0. The Kier molecular flexibility index (Phi) is 6.78. The van der Waals surface area contributed by atoms with Crippen LogP contribution >= 0.6 is 15.9 Å². The number of rotatable bonds is 6. The lowest BCUT2D eigenvalue weighted by Gasteiger charge is -2.28. The van der Waals surface area contributed by atoms with Gasteiger partial charge in [0.25, 0.3) is 0 Å². The number of hydrogen-bond donors (Lipinski definition) is 0. The minimum atomic E-state index is 0.500. The molecule has 0 bridgehead atoms. The van der Waals surface area contributed by atoms with Crippen LogP contribution in [0.1, 0.15) is 77.7 Å². The molecule has 1 rings (SSSR count). The lowest BCUT2D eigenvalue weighted by Crippen LogP contribution is -2.13. The second-order valence-corrected chi connectivity index (χ2v) is 7.26. The second kappa shape index (κ2) is 7.64. The molecule has 0 fully saturated rings. The molecule has 0 saturated heterocycles. The molecule has 0 aromatic heterocycles. The summed E-state index contributed by atoms with van der Waals surface area (Å²) in [5.74, 6) is 0.754. The van der Waals surface area contributed by atoms with Crippen molar-refractivity contribution in [3.63, 3.8) is 0 Å². The highest BCUT2D eigenvalue weighted by Gasteiger charge is 2.24. The normalized spacial score (nSPS) is 13.1. The quantitative estimate of drug-likeness (QED) is 0.495. The van der Waals surface area contributed by atoms with Gasteiger partial charge in [-0.15, -0.1) is 0 Å². The van der Waals surface area contributed by atoms with Crippen LogP contribution in [0, 0.1) is 40.5 Å². The fourth-order valence-corrected chi connectivity index (χ4v) is 4.57. The van der Waals surface area contributed by atoms with E-state index in [0.717, 1.165) is 5.92 Å². The first-order chi connectivity index (χ1) is 9.36. The maximum absolute atomic E-state index is 4.05. The minimum Gasteiger partial charge on any atom is -0.0836 e. The van der Waals surface area contributed by atoms with Gasteiger partial charge in [-0.3, -0.25) is 0 Å². The summed E-state index contributed by atoms with van der Waals surface area (Å²) in [4.78, 5) is 0.500. The third-order valence-corrected chi connectivity index (χ3v) is 6.27. The van der Waals surface area contributed by atoms with Gasteiger partial charge in [0, 0.05) is 4.83 Å². The van der Waals surface area contributed by atoms with Crippen LogP contribution < -0.4 is 0 Å². The highest BCUT2D eigenvalue weighted by molar-refractivity contribution is 9.09. The van der Waals surface area contributed by atoms with E-state index in [9.17, 15) is 0 Å². The van der Waals surface area contributed by atoms with Gasteiger partial charge in [-0.2, -0.15) is 0 Å². The van der Waals surface area contributed by atoms with Crippen molar-refractivity contribution in [2.75, 3.05) is 0 Å². The average Bonchev–Trinajstić information content (AvgIpc) is 2.43. The van der Waals surface area contributed by atoms with Crippen LogP contribution in [0.3, 0.4) is 0 Å². The predicted molar refractivity (Wildman–Crippen MR) is 95.1 cm³/mol. The van der Waals surface area contributed by atoms with Crippen LogP contribution in [0.25, 0.3) is 0 Å². The highest BCUT2D eigenvalue weighted by atomic mass is 79.9. The van der Waals surface area contributed by atoms with Gasteiger partial charge in [0.15, 0.2) is 0 Å². The fraction of sp³-hybridized carbons (Fsp3) is 0.684. The Morgan fingerprint density at radius 1 is 0.700 bits per heavy atom. The zero-order valence-corrected chi connectivity index (χ0v) is 15.9. The lowest BCUT2D eigenvalue weighted by atomic mass is 9.83. The van der Waals surface area contributed by atoms with E-state index in [1.807, 2.05) is 0 Å². The summed E-state index contributed by atoms with van der Waals surface area (Å²) in [5.41, 5.74) is 8.94. The van der Waals surface area contributed by atoms with Crippen molar-refractivity contribution >= 4 is 15.9 Å². The molecule has 1 atom stereocenters. The Morgan fingerprint density at radius 2 is 1.05 bits per heavy atom. The third-order valence-electron chi connectivity index (χ3n) is 5.07. The molecular weight excluding hydrogens is 308 g/mol. The SMILES string of the molecule is CCCC(CCC)C(Br)c1c(C)c(C)c(C)c(C)c1C. The van der Waals surface area contributed by atoms with Gasteiger partial charge in [-0.05, 0) is 86.8 Å². The van der Waals surface area contributed by atoms with Gasteiger partial charge in [0.05, 0.1) is 0 Å². The van der Waals surface area contributed by atoms with Crippen LogP contribution in [-0.2, 0) is 0 Å². The second-order valence-electron chi connectivity index (χ2n) is 6.28. The Balaban J connectivity index is 3.30. The summed E-state index contributed by atoms with van der Waals surface area (Å²) in [6.07, 6.45) is 5.17. The first kappa shape index (κ1) is 17.8. The molecule has 0 radical (unpaired) electrons. The Hall–Kier alpha value is -0.300.